The van der Waals surface area contributed by atoms with Crippen molar-refractivity contribution in [3.8, 4) is 5.13 Å². The second-order valence-corrected chi connectivity index (χ2v) is 6.51. The number of alkyl halides is 3. The highest BCUT2D eigenvalue weighted by molar-refractivity contribution is 7.16. The Bertz CT molecular complexity index is 1080. The third-order valence-electron chi connectivity index (χ3n) is 3.62. The van der Waals surface area contributed by atoms with Crippen LogP contribution in [0.3, 0.4) is 0 Å². The van der Waals surface area contributed by atoms with Crippen LogP contribution >= 0.6 is 11.3 Å². The zero-order chi connectivity index (χ0) is 19.9. The molecular formula is C15H11F4N5O2S. The van der Waals surface area contributed by atoms with Crippen LogP contribution in [-0.4, -0.2) is 25.2 Å². The molecule has 0 atom stereocenters. The summed E-state index contributed by atoms with van der Waals surface area (Å²) in [4.78, 5) is 28.0. The summed E-state index contributed by atoms with van der Waals surface area (Å²) in [6, 6.07) is 2.37. The van der Waals surface area contributed by atoms with Crippen molar-refractivity contribution in [2.45, 2.75) is 19.6 Å². The molecule has 12 heteroatoms. The Morgan fingerprint density at radius 1 is 1.33 bits per heavy atom. The average molecular weight is 401 g/mol. The molecule has 27 heavy (non-hydrogen) atoms. The number of aromatic nitrogens is 4. The zero-order valence-corrected chi connectivity index (χ0v) is 14.4. The number of aryl methyl sites for hydroxylation is 1. The second-order valence-electron chi connectivity index (χ2n) is 5.53. The molecule has 0 unspecified atom stereocenters. The first-order chi connectivity index (χ1) is 12.6. The lowest BCUT2D eigenvalue weighted by molar-refractivity contribution is -0.140. The van der Waals surface area contributed by atoms with Crippen LogP contribution in [0.4, 0.5) is 17.6 Å². The molecule has 0 bridgehead atoms. The molecule has 0 aliphatic rings. The monoisotopic (exact) mass is 401 g/mol. The molecule has 3 aromatic rings. The number of carbonyl (C=O) groups excluding carboxylic acids is 1. The molecule has 2 N–H and O–H groups in total. The van der Waals surface area contributed by atoms with Crippen molar-refractivity contribution in [2.75, 3.05) is 0 Å². The molecule has 2 heterocycles. The van der Waals surface area contributed by atoms with Gasteiger partial charge in [0.15, 0.2) is 5.13 Å². The Labute approximate surface area is 152 Å². The number of nitrogens with two attached hydrogens (primary N) is 1. The van der Waals surface area contributed by atoms with Gasteiger partial charge in [-0.2, -0.15) is 18.3 Å². The fourth-order valence-corrected chi connectivity index (χ4v) is 3.23. The van der Waals surface area contributed by atoms with E-state index >= 15 is 0 Å². The van der Waals surface area contributed by atoms with Gasteiger partial charge in [-0.3, -0.25) is 4.79 Å². The molecule has 0 saturated carbocycles. The molecule has 142 valence electrons. The number of halogens is 4. The maximum Gasteiger partial charge on any atom is 0.419 e. The summed E-state index contributed by atoms with van der Waals surface area (Å²) in [7, 11) is 0. The Morgan fingerprint density at radius 2 is 2.04 bits per heavy atom. The fraction of sp³-hybridized carbons (Fsp3) is 0.200. The normalized spacial score (nSPS) is 11.7. The summed E-state index contributed by atoms with van der Waals surface area (Å²) >= 11 is 0.901. The number of carbonyl (C=O) groups is 1. The van der Waals surface area contributed by atoms with E-state index < -0.39 is 29.2 Å². The third-order valence-corrected chi connectivity index (χ3v) is 4.79. The van der Waals surface area contributed by atoms with E-state index in [0.717, 1.165) is 33.0 Å². The van der Waals surface area contributed by atoms with Crippen molar-refractivity contribution < 1.29 is 22.4 Å². The van der Waals surface area contributed by atoms with Gasteiger partial charge in [-0.15, -0.1) is 0 Å². The number of primary amides is 1. The highest BCUT2D eigenvalue weighted by Gasteiger charge is 2.33. The second kappa shape index (κ2) is 6.61. The van der Waals surface area contributed by atoms with Crippen LogP contribution in [0.15, 0.2) is 29.3 Å². The fourth-order valence-electron chi connectivity index (χ4n) is 2.35. The van der Waals surface area contributed by atoms with Crippen molar-refractivity contribution in [1.29, 1.82) is 0 Å². The first-order valence-corrected chi connectivity index (χ1v) is 8.17. The number of nitrogens with zero attached hydrogens (tertiary/aromatic N) is 4. The molecule has 0 aliphatic carbocycles. The van der Waals surface area contributed by atoms with Gasteiger partial charge in [0.1, 0.15) is 17.0 Å². The lowest BCUT2D eigenvalue weighted by Gasteiger charge is -2.09. The van der Waals surface area contributed by atoms with Gasteiger partial charge in [0, 0.05) is 0 Å². The smallest absolute Gasteiger partial charge is 0.365 e. The highest BCUT2D eigenvalue weighted by atomic mass is 32.1. The van der Waals surface area contributed by atoms with Crippen LogP contribution in [0.5, 0.6) is 0 Å². The minimum absolute atomic E-state index is 0.126. The van der Waals surface area contributed by atoms with Gasteiger partial charge < -0.3 is 5.73 Å². The van der Waals surface area contributed by atoms with Crippen LogP contribution < -0.4 is 11.4 Å². The van der Waals surface area contributed by atoms with Gasteiger partial charge >= 0.3 is 11.9 Å². The van der Waals surface area contributed by atoms with Crippen LogP contribution in [0.2, 0.25) is 0 Å². The predicted molar refractivity (Wildman–Crippen MR) is 87.3 cm³/mol. The first kappa shape index (κ1) is 18.8. The molecular weight excluding hydrogens is 390 g/mol. The van der Waals surface area contributed by atoms with E-state index in [1.54, 1.807) is 6.92 Å². The lowest BCUT2D eigenvalue weighted by Crippen LogP contribution is -2.24. The van der Waals surface area contributed by atoms with Crippen molar-refractivity contribution in [3.63, 3.8) is 0 Å². The van der Waals surface area contributed by atoms with Gasteiger partial charge in [0.05, 0.1) is 17.8 Å². The molecule has 1 amide bonds. The topological polar surface area (TPSA) is 95.8 Å². The van der Waals surface area contributed by atoms with E-state index in [-0.39, 0.29) is 22.1 Å². The summed E-state index contributed by atoms with van der Waals surface area (Å²) in [6.07, 6.45) is -3.66. The first-order valence-electron chi connectivity index (χ1n) is 7.35. The quantitative estimate of drug-likeness (QED) is 0.678. The minimum atomic E-state index is -4.80. The predicted octanol–water partition coefficient (Wildman–Crippen LogP) is 2.10. The number of rotatable bonds is 4. The number of benzene rings is 1. The summed E-state index contributed by atoms with van der Waals surface area (Å²) in [5, 5.41) is 4.01. The van der Waals surface area contributed by atoms with Crippen molar-refractivity contribution in [2.24, 2.45) is 5.73 Å². The van der Waals surface area contributed by atoms with Gasteiger partial charge in [-0.1, -0.05) is 17.4 Å². The largest absolute Gasteiger partial charge is 0.419 e. The van der Waals surface area contributed by atoms with E-state index in [1.807, 2.05) is 0 Å². The number of hydrogen-bond donors (Lipinski definition) is 1. The van der Waals surface area contributed by atoms with Crippen LogP contribution in [0.25, 0.3) is 5.13 Å². The van der Waals surface area contributed by atoms with Crippen molar-refractivity contribution in [1.82, 2.24) is 19.3 Å². The van der Waals surface area contributed by atoms with Crippen LogP contribution in [0.1, 0.15) is 26.5 Å². The molecule has 0 aliphatic heterocycles. The summed E-state index contributed by atoms with van der Waals surface area (Å²) in [6.45, 7) is 1.31. The zero-order valence-electron chi connectivity index (χ0n) is 13.6. The van der Waals surface area contributed by atoms with E-state index in [2.05, 4.69) is 10.1 Å². The Hall–Kier alpha value is -3.02. The molecule has 7 nitrogen and oxygen atoms in total. The van der Waals surface area contributed by atoms with Crippen molar-refractivity contribution >= 4 is 17.2 Å². The van der Waals surface area contributed by atoms with Gasteiger partial charge in [-0.25, -0.2) is 23.4 Å². The van der Waals surface area contributed by atoms with E-state index in [9.17, 15) is 27.2 Å². The molecule has 0 spiro atoms. The van der Waals surface area contributed by atoms with E-state index in [0.29, 0.717) is 17.8 Å². The lowest BCUT2D eigenvalue weighted by atomic mass is 10.1. The number of thiazole rings is 1. The summed E-state index contributed by atoms with van der Waals surface area (Å²) in [5.74, 6) is -2.12. The Kier molecular flexibility index (Phi) is 4.59. The molecule has 0 fully saturated rings. The van der Waals surface area contributed by atoms with Crippen molar-refractivity contribution in [3.05, 3.63) is 62.5 Å². The maximum absolute atomic E-state index is 13.7. The van der Waals surface area contributed by atoms with Crippen LogP contribution in [0, 0.1) is 12.7 Å². The van der Waals surface area contributed by atoms with Gasteiger partial charge in [0.2, 0.25) is 0 Å². The summed E-state index contributed by atoms with van der Waals surface area (Å²) in [5.41, 5.74) is 3.66. The SMILES string of the molecule is Cc1nc(-n2cnn(Cc3ccc(C(F)(F)F)c(F)c3)c2=O)sc1C(N)=O. The Morgan fingerprint density at radius 3 is 2.59 bits per heavy atom. The van der Waals surface area contributed by atoms with Gasteiger partial charge in [0.25, 0.3) is 5.91 Å². The van der Waals surface area contributed by atoms with E-state index in [1.165, 1.54) is 0 Å². The minimum Gasteiger partial charge on any atom is -0.365 e. The molecule has 0 radical (unpaired) electrons. The maximum atomic E-state index is 13.7. The Balaban J connectivity index is 1.91. The number of hydrogen-bond acceptors (Lipinski definition) is 5. The number of amides is 1. The molecule has 0 saturated heterocycles. The summed E-state index contributed by atoms with van der Waals surface area (Å²) < 4.78 is 53.5. The van der Waals surface area contributed by atoms with E-state index in [4.69, 9.17) is 5.73 Å². The molecule has 1 aromatic carbocycles. The molecule has 3 rings (SSSR count). The van der Waals surface area contributed by atoms with Crippen LogP contribution in [-0.2, 0) is 12.7 Å². The van der Waals surface area contributed by atoms with Gasteiger partial charge in [-0.05, 0) is 24.6 Å². The highest BCUT2D eigenvalue weighted by Crippen LogP contribution is 2.31. The third kappa shape index (κ3) is 3.60. The standard InChI is InChI=1S/C15H11F4N5O2S/c1-7-11(12(20)25)27-13(22-7)23-6-21-24(14(23)26)5-8-2-3-9(10(16)4-8)15(17,18)19/h2-4,6H,5H2,1H3,(H2,20,25). The molecule has 2 aromatic heterocycles. The average Bonchev–Trinajstić information content (AvgIpc) is 3.10.